The average molecular weight is 317 g/mol. The van der Waals surface area contributed by atoms with Gasteiger partial charge in [0.25, 0.3) is 5.91 Å². The predicted molar refractivity (Wildman–Crippen MR) is 90.8 cm³/mol. The first-order chi connectivity index (χ1) is 11.8. The molecular formula is C19H15N3O2. The fraction of sp³-hybridized carbons (Fsp3) is 0.158. The van der Waals surface area contributed by atoms with Crippen molar-refractivity contribution in [3.63, 3.8) is 0 Å². The molecule has 2 aliphatic rings. The van der Waals surface area contributed by atoms with Crippen LogP contribution in [0.15, 0.2) is 48.5 Å². The number of nitrogens with one attached hydrogen (secondary N) is 1. The molecule has 24 heavy (non-hydrogen) atoms. The quantitative estimate of drug-likeness (QED) is 0.702. The first-order valence-corrected chi connectivity index (χ1v) is 8.02. The van der Waals surface area contributed by atoms with E-state index in [-0.39, 0.29) is 5.91 Å². The maximum absolute atomic E-state index is 12.9. The summed E-state index contributed by atoms with van der Waals surface area (Å²) in [6.07, 6.45) is 1.21. The Morgan fingerprint density at radius 1 is 1.08 bits per heavy atom. The second kappa shape index (κ2) is 4.71. The summed E-state index contributed by atoms with van der Waals surface area (Å²) in [4.78, 5) is 31.7. The molecule has 1 unspecified atom stereocenters. The van der Waals surface area contributed by atoms with Crippen LogP contribution in [0.5, 0.6) is 0 Å². The monoisotopic (exact) mass is 317 g/mol. The Morgan fingerprint density at radius 2 is 1.88 bits per heavy atom. The van der Waals surface area contributed by atoms with Gasteiger partial charge in [-0.1, -0.05) is 30.3 Å². The molecule has 0 fully saturated rings. The van der Waals surface area contributed by atoms with E-state index in [4.69, 9.17) is 0 Å². The van der Waals surface area contributed by atoms with E-state index in [2.05, 4.69) is 11.1 Å². The van der Waals surface area contributed by atoms with Crippen molar-refractivity contribution in [3.05, 3.63) is 65.4 Å². The number of amides is 2. The molecule has 3 aromatic rings. The third-order valence-electron chi connectivity index (χ3n) is 5.05. The standard InChI is InChI=1S/C19H15N3O2/c23-11-22-16-8-4-2-6-14(16)19(24)21-10-9-13-12-5-1-3-7-15(12)20-17(13)18(21)22/h1-8,11,18,20H,9-10H2. The van der Waals surface area contributed by atoms with Gasteiger partial charge in [0.15, 0.2) is 6.17 Å². The number of aromatic nitrogens is 1. The van der Waals surface area contributed by atoms with E-state index >= 15 is 0 Å². The number of aromatic amines is 1. The minimum atomic E-state index is -0.402. The van der Waals surface area contributed by atoms with Crippen molar-refractivity contribution in [2.45, 2.75) is 12.6 Å². The van der Waals surface area contributed by atoms with Gasteiger partial charge in [0, 0.05) is 17.4 Å². The molecule has 2 amide bonds. The van der Waals surface area contributed by atoms with Crippen molar-refractivity contribution in [2.24, 2.45) is 0 Å². The van der Waals surface area contributed by atoms with Crippen LogP contribution in [-0.4, -0.2) is 28.7 Å². The largest absolute Gasteiger partial charge is 0.355 e. The number of rotatable bonds is 1. The Balaban J connectivity index is 1.77. The van der Waals surface area contributed by atoms with Gasteiger partial charge in [-0.15, -0.1) is 0 Å². The fourth-order valence-electron chi connectivity index (χ4n) is 4.00. The van der Waals surface area contributed by atoms with E-state index in [1.54, 1.807) is 15.9 Å². The lowest BCUT2D eigenvalue weighted by Crippen LogP contribution is -2.51. The molecule has 1 atom stereocenters. The number of para-hydroxylation sites is 2. The SMILES string of the molecule is O=CN1c2ccccc2C(=O)N2CCc3c([nH]c4ccccc34)C21. The Bertz CT molecular complexity index is 991. The van der Waals surface area contributed by atoms with Crippen LogP contribution in [0.3, 0.4) is 0 Å². The van der Waals surface area contributed by atoms with Crippen LogP contribution < -0.4 is 4.90 Å². The molecule has 1 N–H and O–H groups in total. The van der Waals surface area contributed by atoms with E-state index in [0.29, 0.717) is 17.8 Å². The molecule has 0 spiro atoms. The highest BCUT2D eigenvalue weighted by atomic mass is 16.2. The summed E-state index contributed by atoms with van der Waals surface area (Å²) in [6, 6.07) is 15.4. The summed E-state index contributed by atoms with van der Waals surface area (Å²) in [5.41, 5.74) is 4.44. The summed E-state index contributed by atoms with van der Waals surface area (Å²) in [6.45, 7) is 0.608. The summed E-state index contributed by atoms with van der Waals surface area (Å²) in [5, 5.41) is 1.17. The lowest BCUT2D eigenvalue weighted by Gasteiger charge is -2.44. The van der Waals surface area contributed by atoms with E-state index in [1.807, 2.05) is 36.4 Å². The number of fused-ring (bicyclic) bond motifs is 6. The maximum atomic E-state index is 12.9. The fourth-order valence-corrected chi connectivity index (χ4v) is 4.00. The number of hydrogen-bond donors (Lipinski definition) is 1. The van der Waals surface area contributed by atoms with Crippen LogP contribution in [0.1, 0.15) is 27.8 Å². The molecule has 1 aromatic heterocycles. The van der Waals surface area contributed by atoms with Gasteiger partial charge < -0.3 is 9.88 Å². The van der Waals surface area contributed by atoms with E-state index in [9.17, 15) is 9.59 Å². The van der Waals surface area contributed by atoms with Gasteiger partial charge in [0.1, 0.15) is 0 Å². The molecule has 5 heteroatoms. The molecule has 2 aromatic carbocycles. The van der Waals surface area contributed by atoms with Gasteiger partial charge in [-0.05, 0) is 30.2 Å². The third kappa shape index (κ3) is 1.58. The lowest BCUT2D eigenvalue weighted by atomic mass is 9.96. The number of benzene rings is 2. The molecule has 0 aliphatic carbocycles. The van der Waals surface area contributed by atoms with Crippen molar-refractivity contribution in [1.82, 2.24) is 9.88 Å². The molecule has 5 nitrogen and oxygen atoms in total. The molecular weight excluding hydrogens is 302 g/mol. The van der Waals surface area contributed by atoms with Crippen LogP contribution in [0.25, 0.3) is 10.9 Å². The smallest absolute Gasteiger partial charge is 0.257 e. The minimum Gasteiger partial charge on any atom is -0.355 e. The van der Waals surface area contributed by atoms with Gasteiger partial charge >= 0.3 is 0 Å². The molecule has 118 valence electrons. The van der Waals surface area contributed by atoms with Crippen molar-refractivity contribution in [1.29, 1.82) is 0 Å². The van der Waals surface area contributed by atoms with Gasteiger partial charge in [-0.3, -0.25) is 14.5 Å². The Labute approximate surface area is 138 Å². The van der Waals surface area contributed by atoms with Crippen molar-refractivity contribution < 1.29 is 9.59 Å². The normalized spacial score (nSPS) is 19.0. The average Bonchev–Trinajstić information content (AvgIpc) is 3.01. The predicted octanol–water partition coefficient (Wildman–Crippen LogP) is 2.84. The number of anilines is 1. The molecule has 0 bridgehead atoms. The zero-order valence-corrected chi connectivity index (χ0v) is 12.9. The highest BCUT2D eigenvalue weighted by Crippen LogP contribution is 2.42. The van der Waals surface area contributed by atoms with Crippen molar-refractivity contribution >= 4 is 28.9 Å². The number of nitrogens with zero attached hydrogens (tertiary/aromatic N) is 2. The van der Waals surface area contributed by atoms with Crippen LogP contribution in [0.4, 0.5) is 5.69 Å². The number of carbonyl (C=O) groups is 2. The zero-order valence-electron chi connectivity index (χ0n) is 12.9. The first-order valence-electron chi connectivity index (χ1n) is 8.02. The van der Waals surface area contributed by atoms with E-state index < -0.39 is 6.17 Å². The summed E-state index contributed by atoms with van der Waals surface area (Å²) in [5.74, 6) is -0.0157. The van der Waals surface area contributed by atoms with Crippen molar-refractivity contribution in [2.75, 3.05) is 11.4 Å². The number of carbonyl (C=O) groups excluding carboxylic acids is 2. The Hall–Kier alpha value is -3.08. The summed E-state index contributed by atoms with van der Waals surface area (Å²) < 4.78 is 0. The van der Waals surface area contributed by atoms with Gasteiger partial charge in [0.2, 0.25) is 6.41 Å². The zero-order chi connectivity index (χ0) is 16.3. The van der Waals surface area contributed by atoms with Crippen LogP contribution in [0, 0.1) is 0 Å². The lowest BCUT2D eigenvalue weighted by molar-refractivity contribution is -0.108. The van der Waals surface area contributed by atoms with Crippen LogP contribution in [-0.2, 0) is 11.2 Å². The van der Waals surface area contributed by atoms with Gasteiger partial charge in [-0.2, -0.15) is 0 Å². The molecule has 3 heterocycles. The molecule has 0 saturated heterocycles. The van der Waals surface area contributed by atoms with E-state index in [0.717, 1.165) is 24.0 Å². The maximum Gasteiger partial charge on any atom is 0.257 e. The summed E-state index contributed by atoms with van der Waals surface area (Å²) >= 11 is 0. The van der Waals surface area contributed by atoms with Gasteiger partial charge in [-0.25, -0.2) is 0 Å². The van der Waals surface area contributed by atoms with Crippen molar-refractivity contribution in [3.8, 4) is 0 Å². The molecule has 0 radical (unpaired) electrons. The molecule has 0 saturated carbocycles. The summed E-state index contributed by atoms with van der Waals surface area (Å²) in [7, 11) is 0. The highest BCUT2D eigenvalue weighted by molar-refractivity contribution is 6.05. The number of H-pyrrole nitrogens is 1. The molecule has 2 aliphatic heterocycles. The highest BCUT2D eigenvalue weighted by Gasteiger charge is 2.42. The first kappa shape index (κ1) is 13.4. The Morgan fingerprint density at radius 3 is 2.75 bits per heavy atom. The topological polar surface area (TPSA) is 56.4 Å². The molecule has 5 rings (SSSR count). The second-order valence-corrected chi connectivity index (χ2v) is 6.21. The van der Waals surface area contributed by atoms with Crippen LogP contribution in [0.2, 0.25) is 0 Å². The third-order valence-corrected chi connectivity index (χ3v) is 5.05. The number of hydrogen-bond acceptors (Lipinski definition) is 2. The van der Waals surface area contributed by atoms with E-state index in [1.165, 1.54) is 10.9 Å². The van der Waals surface area contributed by atoms with Gasteiger partial charge in [0.05, 0.1) is 16.9 Å². The second-order valence-electron chi connectivity index (χ2n) is 6.21. The van der Waals surface area contributed by atoms with Crippen LogP contribution >= 0.6 is 0 Å². The minimum absolute atomic E-state index is 0.0157. The Kier molecular flexibility index (Phi) is 2.62.